The van der Waals surface area contributed by atoms with Crippen LogP contribution in [0, 0.1) is 11.3 Å². The van der Waals surface area contributed by atoms with Gasteiger partial charge in [0, 0.05) is 57.3 Å². The fourth-order valence-electron chi connectivity index (χ4n) is 6.92. The summed E-state index contributed by atoms with van der Waals surface area (Å²) in [6.07, 6.45) is 4.02. The van der Waals surface area contributed by atoms with Gasteiger partial charge >= 0.3 is 11.8 Å². The predicted molar refractivity (Wildman–Crippen MR) is 141 cm³/mol. The van der Waals surface area contributed by atoms with Crippen molar-refractivity contribution in [2.45, 2.75) is 44.6 Å². The van der Waals surface area contributed by atoms with E-state index >= 15 is 0 Å². The second-order valence-electron chi connectivity index (χ2n) is 11.7. The number of piperidine rings is 3. The van der Waals surface area contributed by atoms with Crippen LogP contribution >= 0.6 is 0 Å². The zero-order valence-electron chi connectivity index (χ0n) is 21.9. The normalized spacial score (nSPS) is 24.6. The van der Waals surface area contributed by atoms with Crippen molar-refractivity contribution in [2.24, 2.45) is 18.4 Å². The first-order valence-electron chi connectivity index (χ1n) is 13.7. The van der Waals surface area contributed by atoms with Gasteiger partial charge in [0.05, 0.1) is 11.0 Å². The highest BCUT2D eigenvalue weighted by Gasteiger charge is 2.45. The van der Waals surface area contributed by atoms with Gasteiger partial charge in [0.15, 0.2) is 0 Å². The Morgan fingerprint density at radius 3 is 2.39 bits per heavy atom. The van der Waals surface area contributed by atoms with Crippen LogP contribution in [0.5, 0.6) is 0 Å². The van der Waals surface area contributed by atoms with Crippen molar-refractivity contribution >= 4 is 34.6 Å². The lowest BCUT2D eigenvalue weighted by atomic mass is 9.71. The molecule has 11 heteroatoms. The highest BCUT2D eigenvalue weighted by Crippen LogP contribution is 2.43. The summed E-state index contributed by atoms with van der Waals surface area (Å²) in [5.41, 5.74) is 2.69. The Bertz CT molecular complexity index is 1320. The van der Waals surface area contributed by atoms with Gasteiger partial charge in [-0.1, -0.05) is 0 Å². The third kappa shape index (κ3) is 4.36. The molecular formula is C27H36N6O5. The van der Waals surface area contributed by atoms with Gasteiger partial charge < -0.3 is 19.8 Å². The number of aryl methyl sites for hydroxylation is 1. The lowest BCUT2D eigenvalue weighted by molar-refractivity contribution is -0.135. The van der Waals surface area contributed by atoms with E-state index in [1.807, 2.05) is 18.2 Å². The number of aromatic nitrogens is 2. The molecule has 6 rings (SSSR count). The maximum absolute atomic E-state index is 13.1. The lowest BCUT2D eigenvalue weighted by Gasteiger charge is -2.55. The van der Waals surface area contributed by atoms with Gasteiger partial charge in [-0.15, -0.1) is 0 Å². The van der Waals surface area contributed by atoms with Crippen LogP contribution in [0.25, 0.3) is 11.0 Å². The molecule has 4 saturated heterocycles. The third-order valence-corrected chi connectivity index (χ3v) is 9.33. The average Bonchev–Trinajstić information content (AvgIpc) is 3.13. The Morgan fingerprint density at radius 2 is 1.74 bits per heavy atom. The number of carbonyl (C=O) groups is 3. The Kier molecular flexibility index (Phi) is 6.20. The molecule has 2 N–H and O–H groups in total. The zero-order valence-corrected chi connectivity index (χ0v) is 21.9. The molecule has 1 unspecified atom stereocenters. The molecule has 3 amide bonds. The molecule has 0 aliphatic carbocycles. The zero-order chi connectivity index (χ0) is 26.6. The maximum Gasteiger partial charge on any atom is 0.407 e. The molecule has 11 nitrogen and oxygen atoms in total. The number of nitrogens with one attached hydrogen (secondary N) is 1. The average molecular weight is 525 g/mol. The van der Waals surface area contributed by atoms with Crippen LogP contribution in [0.15, 0.2) is 23.0 Å². The van der Waals surface area contributed by atoms with Gasteiger partial charge in [0.2, 0.25) is 11.8 Å². The number of imidazole rings is 1. The second kappa shape index (κ2) is 9.44. The number of imide groups is 1. The van der Waals surface area contributed by atoms with Crippen molar-refractivity contribution < 1.29 is 19.5 Å². The van der Waals surface area contributed by atoms with E-state index in [9.17, 15) is 19.2 Å². The minimum atomic E-state index is -0.800. The van der Waals surface area contributed by atoms with E-state index in [0.717, 1.165) is 56.8 Å². The molecule has 1 atom stereocenters. The number of amides is 3. The van der Waals surface area contributed by atoms with Crippen LogP contribution in [0.2, 0.25) is 0 Å². The number of carbonyl (C=O) groups excluding carboxylic acids is 2. The molecule has 4 aliphatic heterocycles. The Balaban J connectivity index is 1.07. The lowest BCUT2D eigenvalue weighted by Crippen LogP contribution is -2.60. The number of likely N-dealkylation sites (tertiary alicyclic amines) is 2. The standard InChI is InChI=1S/C27H36N6O5/c1-29-22-14-19(2-3-20(22)33(25(29)36)21-4-5-23(34)28-24(21)35)32-16-27(17-32)8-12-30(13-9-27)15-18-6-10-31(11-7-18)26(37)38/h2-3,14,18,21H,4-13,15-17H2,1H3,(H,37,38)(H,28,34,35). The SMILES string of the molecule is Cn1c(=O)n(C2CCC(=O)NC2=O)c2ccc(N3CC4(CCN(CC5CCN(C(=O)O)CC5)CC4)C3)cc21. The molecule has 1 spiro atoms. The molecule has 0 radical (unpaired) electrons. The molecule has 0 saturated carbocycles. The van der Waals surface area contributed by atoms with Crippen LogP contribution < -0.4 is 15.9 Å². The largest absolute Gasteiger partial charge is 0.465 e. The molecular weight excluding hydrogens is 488 g/mol. The number of hydrogen-bond donors (Lipinski definition) is 2. The van der Waals surface area contributed by atoms with Gasteiger partial charge in [-0.25, -0.2) is 9.59 Å². The number of carboxylic acid groups (broad SMARTS) is 1. The molecule has 0 bridgehead atoms. The summed E-state index contributed by atoms with van der Waals surface area (Å²) in [5, 5.41) is 11.5. The van der Waals surface area contributed by atoms with Crippen molar-refractivity contribution in [1.82, 2.24) is 24.3 Å². The molecule has 1 aromatic heterocycles. The van der Waals surface area contributed by atoms with Crippen molar-refractivity contribution in [3.05, 3.63) is 28.7 Å². The first-order valence-corrected chi connectivity index (χ1v) is 13.7. The van der Waals surface area contributed by atoms with E-state index in [-0.39, 0.29) is 18.0 Å². The summed E-state index contributed by atoms with van der Waals surface area (Å²) in [6.45, 7) is 6.57. The molecule has 1 aromatic carbocycles. The van der Waals surface area contributed by atoms with Crippen molar-refractivity contribution in [2.75, 3.05) is 50.7 Å². The smallest absolute Gasteiger partial charge is 0.407 e. The van der Waals surface area contributed by atoms with Crippen molar-refractivity contribution in [1.29, 1.82) is 0 Å². The van der Waals surface area contributed by atoms with Crippen LogP contribution in [-0.2, 0) is 16.6 Å². The maximum atomic E-state index is 13.1. The van der Waals surface area contributed by atoms with Crippen molar-refractivity contribution in [3.8, 4) is 0 Å². The minimum Gasteiger partial charge on any atom is -0.465 e. The number of nitrogens with zero attached hydrogens (tertiary/aromatic N) is 5. The van der Waals surface area contributed by atoms with E-state index in [4.69, 9.17) is 5.11 Å². The van der Waals surface area contributed by atoms with Crippen molar-refractivity contribution in [3.63, 3.8) is 0 Å². The first-order chi connectivity index (χ1) is 18.2. The summed E-state index contributed by atoms with van der Waals surface area (Å²) in [6, 6.07) is 5.34. The summed E-state index contributed by atoms with van der Waals surface area (Å²) in [7, 11) is 1.73. The number of rotatable bonds is 4. The number of fused-ring (bicyclic) bond motifs is 1. The molecule has 5 heterocycles. The van der Waals surface area contributed by atoms with Crippen LogP contribution in [0.4, 0.5) is 10.5 Å². The summed E-state index contributed by atoms with van der Waals surface area (Å²) >= 11 is 0. The predicted octanol–water partition coefficient (Wildman–Crippen LogP) is 1.61. The molecule has 204 valence electrons. The van der Waals surface area contributed by atoms with Crippen LogP contribution in [0.3, 0.4) is 0 Å². The number of anilines is 1. The molecule has 2 aromatic rings. The van der Waals surface area contributed by atoms with E-state index < -0.39 is 18.0 Å². The van der Waals surface area contributed by atoms with E-state index in [1.165, 1.54) is 22.3 Å². The molecule has 4 aliphatic rings. The Labute approximate surface area is 221 Å². The summed E-state index contributed by atoms with van der Waals surface area (Å²) < 4.78 is 3.12. The second-order valence-corrected chi connectivity index (χ2v) is 11.7. The quantitative estimate of drug-likeness (QED) is 0.583. The first kappa shape index (κ1) is 25.0. The van der Waals surface area contributed by atoms with E-state index in [2.05, 4.69) is 15.1 Å². The minimum absolute atomic E-state index is 0.231. The molecule has 4 fully saturated rings. The molecule has 38 heavy (non-hydrogen) atoms. The van der Waals surface area contributed by atoms with Gasteiger partial charge in [-0.2, -0.15) is 0 Å². The van der Waals surface area contributed by atoms with E-state index in [1.54, 1.807) is 11.6 Å². The topological polar surface area (TPSA) is 120 Å². The van der Waals surface area contributed by atoms with Crippen LogP contribution in [0.1, 0.15) is 44.6 Å². The highest BCUT2D eigenvalue weighted by molar-refractivity contribution is 6.00. The summed E-state index contributed by atoms with van der Waals surface area (Å²) in [4.78, 5) is 54.7. The van der Waals surface area contributed by atoms with Gasteiger partial charge in [0.25, 0.3) is 0 Å². The fourth-order valence-corrected chi connectivity index (χ4v) is 6.92. The highest BCUT2D eigenvalue weighted by atomic mass is 16.4. The Morgan fingerprint density at radius 1 is 1.03 bits per heavy atom. The van der Waals surface area contributed by atoms with E-state index in [0.29, 0.717) is 36.4 Å². The van der Waals surface area contributed by atoms with Crippen LogP contribution in [-0.4, -0.2) is 87.8 Å². The monoisotopic (exact) mass is 524 g/mol. The van der Waals surface area contributed by atoms with Gasteiger partial charge in [0.1, 0.15) is 6.04 Å². The third-order valence-electron chi connectivity index (χ3n) is 9.33. The number of hydrogen-bond acceptors (Lipinski definition) is 6. The Hall–Kier alpha value is -3.34. The van der Waals surface area contributed by atoms with Gasteiger partial charge in [-0.05, 0) is 69.3 Å². The summed E-state index contributed by atoms with van der Waals surface area (Å²) in [5.74, 6) is -0.120. The van der Waals surface area contributed by atoms with Gasteiger partial charge in [-0.3, -0.25) is 24.0 Å². The fraction of sp³-hybridized carbons (Fsp3) is 0.630. The number of benzene rings is 1.